The smallest absolute Gasteiger partial charge is 0.268 e. The lowest BCUT2D eigenvalue weighted by Crippen LogP contribution is -2.42. The fourth-order valence-corrected chi connectivity index (χ4v) is 4.78. The van der Waals surface area contributed by atoms with Gasteiger partial charge in [0.25, 0.3) is 11.8 Å². The number of carbonyl (C=O) groups is 2. The molecule has 1 aromatic rings. The number of nitrogens with zero attached hydrogens (tertiary/aromatic N) is 1. The summed E-state index contributed by atoms with van der Waals surface area (Å²) in [7, 11) is 3.14. The number of amides is 2. The van der Waals surface area contributed by atoms with Gasteiger partial charge >= 0.3 is 0 Å². The second-order valence-electron chi connectivity index (χ2n) is 7.21. The maximum absolute atomic E-state index is 13.3. The first kappa shape index (κ1) is 19.8. The average Bonchev–Trinajstić information content (AvgIpc) is 2.91. The number of hydrogen-bond acceptors (Lipinski definition) is 5. The highest BCUT2D eigenvalue weighted by molar-refractivity contribution is 8.04. The summed E-state index contributed by atoms with van der Waals surface area (Å²) in [4.78, 5) is 28.6. The van der Waals surface area contributed by atoms with Crippen LogP contribution in [0.15, 0.2) is 23.1 Å². The fraction of sp³-hybridized carbons (Fsp3) is 0.524. The number of imide groups is 1. The van der Waals surface area contributed by atoms with Crippen molar-refractivity contribution in [2.45, 2.75) is 57.2 Å². The van der Waals surface area contributed by atoms with Gasteiger partial charge in [0.2, 0.25) is 0 Å². The molecule has 0 unspecified atom stereocenters. The predicted octanol–water partition coefficient (Wildman–Crippen LogP) is 4.26. The molecule has 0 spiro atoms. The molecule has 0 bridgehead atoms. The van der Waals surface area contributed by atoms with Crippen LogP contribution >= 0.6 is 11.8 Å². The largest absolute Gasteiger partial charge is 0.493 e. The van der Waals surface area contributed by atoms with Crippen molar-refractivity contribution in [1.82, 2.24) is 4.90 Å². The molecule has 0 atom stereocenters. The topological polar surface area (TPSA) is 55.8 Å². The van der Waals surface area contributed by atoms with Crippen LogP contribution in [0.25, 0.3) is 5.57 Å². The lowest BCUT2D eigenvalue weighted by atomic mass is 9.94. The Morgan fingerprint density at radius 1 is 1.00 bits per heavy atom. The molecule has 1 fully saturated rings. The van der Waals surface area contributed by atoms with E-state index in [0.29, 0.717) is 27.5 Å². The van der Waals surface area contributed by atoms with Crippen LogP contribution in [0.2, 0.25) is 0 Å². The van der Waals surface area contributed by atoms with E-state index >= 15 is 0 Å². The Hall–Kier alpha value is -1.95. The van der Waals surface area contributed by atoms with E-state index in [2.05, 4.69) is 0 Å². The molecule has 0 radical (unpaired) electrons. The third-order valence-electron chi connectivity index (χ3n) is 5.04. The predicted molar refractivity (Wildman–Crippen MR) is 108 cm³/mol. The maximum atomic E-state index is 13.3. The van der Waals surface area contributed by atoms with Crippen molar-refractivity contribution in [3.63, 3.8) is 0 Å². The SMILES string of the molecule is COc1ccc(C2=C(SC(C)C)C(=O)N(C3CCCCC3)C2=O)cc1OC. The minimum atomic E-state index is -0.178. The summed E-state index contributed by atoms with van der Waals surface area (Å²) in [5, 5.41) is 0.207. The number of methoxy groups -OCH3 is 2. The minimum absolute atomic E-state index is 0.0131. The zero-order valence-corrected chi connectivity index (χ0v) is 17.2. The molecular weight excluding hydrogens is 362 g/mol. The van der Waals surface area contributed by atoms with Crippen LogP contribution in [0, 0.1) is 0 Å². The molecule has 146 valence electrons. The van der Waals surface area contributed by atoms with Gasteiger partial charge in [0, 0.05) is 11.3 Å². The number of thioether (sulfide) groups is 1. The molecular formula is C21H27NO4S. The number of rotatable bonds is 6. The van der Waals surface area contributed by atoms with Crippen LogP contribution in [-0.2, 0) is 9.59 Å². The second-order valence-corrected chi connectivity index (χ2v) is 8.80. The average molecular weight is 390 g/mol. The van der Waals surface area contributed by atoms with Crippen LogP contribution in [0.1, 0.15) is 51.5 Å². The van der Waals surface area contributed by atoms with Gasteiger partial charge in [-0.3, -0.25) is 14.5 Å². The van der Waals surface area contributed by atoms with Gasteiger partial charge in [-0.15, -0.1) is 11.8 Å². The van der Waals surface area contributed by atoms with Gasteiger partial charge in [0.1, 0.15) is 0 Å². The monoisotopic (exact) mass is 389 g/mol. The second kappa shape index (κ2) is 8.38. The molecule has 0 saturated heterocycles. The summed E-state index contributed by atoms with van der Waals surface area (Å²) in [6.45, 7) is 4.07. The van der Waals surface area contributed by atoms with E-state index in [1.807, 2.05) is 19.9 Å². The van der Waals surface area contributed by atoms with Crippen LogP contribution in [0.4, 0.5) is 0 Å². The summed E-state index contributed by atoms with van der Waals surface area (Å²) >= 11 is 1.46. The number of hydrogen-bond donors (Lipinski definition) is 0. The molecule has 2 amide bonds. The molecule has 5 nitrogen and oxygen atoms in total. The van der Waals surface area contributed by atoms with Crippen molar-refractivity contribution < 1.29 is 19.1 Å². The third-order valence-corrected chi connectivity index (χ3v) is 6.12. The lowest BCUT2D eigenvalue weighted by molar-refractivity contribution is -0.139. The Bertz CT molecular complexity index is 765. The van der Waals surface area contributed by atoms with Gasteiger partial charge in [-0.1, -0.05) is 39.2 Å². The Morgan fingerprint density at radius 2 is 1.67 bits per heavy atom. The van der Waals surface area contributed by atoms with Gasteiger partial charge in [-0.25, -0.2) is 0 Å². The molecule has 3 rings (SSSR count). The Labute approximate surface area is 165 Å². The third kappa shape index (κ3) is 3.86. The van der Waals surface area contributed by atoms with E-state index in [4.69, 9.17) is 9.47 Å². The summed E-state index contributed by atoms with van der Waals surface area (Å²) < 4.78 is 10.7. The summed E-state index contributed by atoms with van der Waals surface area (Å²) in [6.07, 6.45) is 5.11. The highest BCUT2D eigenvalue weighted by Gasteiger charge is 2.43. The highest BCUT2D eigenvalue weighted by atomic mass is 32.2. The molecule has 0 aromatic heterocycles. The van der Waals surface area contributed by atoms with Crippen molar-refractivity contribution >= 4 is 29.1 Å². The van der Waals surface area contributed by atoms with Gasteiger partial charge in [0.15, 0.2) is 11.5 Å². The zero-order chi connectivity index (χ0) is 19.6. The normalized spacial score (nSPS) is 18.6. The lowest BCUT2D eigenvalue weighted by Gasteiger charge is -2.30. The summed E-state index contributed by atoms with van der Waals surface area (Å²) in [5.41, 5.74) is 1.19. The van der Waals surface area contributed by atoms with Gasteiger partial charge in [-0.2, -0.15) is 0 Å². The van der Waals surface area contributed by atoms with E-state index in [0.717, 1.165) is 25.7 Å². The summed E-state index contributed by atoms with van der Waals surface area (Å²) in [5.74, 6) is 0.825. The van der Waals surface area contributed by atoms with Crippen molar-refractivity contribution in [2.24, 2.45) is 0 Å². The Kier molecular flexibility index (Phi) is 6.15. The molecule has 1 aliphatic heterocycles. The van der Waals surface area contributed by atoms with Crippen molar-refractivity contribution in [3.05, 3.63) is 28.7 Å². The Morgan fingerprint density at radius 3 is 2.26 bits per heavy atom. The van der Waals surface area contributed by atoms with E-state index in [1.54, 1.807) is 26.4 Å². The number of carbonyl (C=O) groups excluding carboxylic acids is 2. The van der Waals surface area contributed by atoms with Crippen LogP contribution in [0.3, 0.4) is 0 Å². The molecule has 1 aliphatic carbocycles. The van der Waals surface area contributed by atoms with Gasteiger partial charge in [-0.05, 0) is 30.5 Å². The van der Waals surface area contributed by atoms with E-state index in [-0.39, 0.29) is 23.1 Å². The first-order valence-corrected chi connectivity index (χ1v) is 10.4. The summed E-state index contributed by atoms with van der Waals surface area (Å²) in [6, 6.07) is 5.40. The quantitative estimate of drug-likeness (QED) is 0.681. The highest BCUT2D eigenvalue weighted by Crippen LogP contribution is 2.42. The first-order chi connectivity index (χ1) is 13.0. The van der Waals surface area contributed by atoms with E-state index < -0.39 is 0 Å². The number of benzene rings is 1. The van der Waals surface area contributed by atoms with Crippen molar-refractivity contribution in [1.29, 1.82) is 0 Å². The van der Waals surface area contributed by atoms with Gasteiger partial charge < -0.3 is 9.47 Å². The molecule has 1 heterocycles. The van der Waals surface area contributed by atoms with Crippen LogP contribution < -0.4 is 9.47 Å². The van der Waals surface area contributed by atoms with E-state index in [9.17, 15) is 9.59 Å². The van der Waals surface area contributed by atoms with Crippen LogP contribution in [-0.4, -0.2) is 42.2 Å². The van der Waals surface area contributed by atoms with Crippen molar-refractivity contribution in [3.8, 4) is 11.5 Å². The minimum Gasteiger partial charge on any atom is -0.493 e. The Balaban J connectivity index is 2.04. The molecule has 27 heavy (non-hydrogen) atoms. The van der Waals surface area contributed by atoms with E-state index in [1.165, 1.54) is 23.1 Å². The molecule has 6 heteroatoms. The molecule has 2 aliphatic rings. The standard InChI is InChI=1S/C21H27NO4S/c1-13(2)27-19-18(14-10-11-16(25-3)17(12-14)26-4)20(23)22(21(19)24)15-8-6-5-7-9-15/h10-13,15H,5-9H2,1-4H3. The molecule has 1 aromatic carbocycles. The maximum Gasteiger partial charge on any atom is 0.268 e. The van der Waals surface area contributed by atoms with Crippen molar-refractivity contribution in [2.75, 3.05) is 14.2 Å². The van der Waals surface area contributed by atoms with Gasteiger partial charge in [0.05, 0.1) is 24.7 Å². The first-order valence-electron chi connectivity index (χ1n) is 9.49. The zero-order valence-electron chi connectivity index (χ0n) is 16.4. The van der Waals surface area contributed by atoms with Crippen LogP contribution in [0.5, 0.6) is 11.5 Å². The molecule has 1 saturated carbocycles. The fourth-order valence-electron chi connectivity index (χ4n) is 3.79. The number of ether oxygens (including phenoxy) is 2. The molecule has 0 N–H and O–H groups in total.